The standard InChI is InChI=1S/C11H11F3N2O2/c12-11(13,14)18-9-3-1-8(2-4-9)10(7-15)16-5-6-17/h1-4,10,16-17H,5-6H2. The van der Waals surface area contributed by atoms with Crippen LogP contribution in [0.15, 0.2) is 24.3 Å². The number of nitrogens with one attached hydrogen (secondary N) is 1. The highest BCUT2D eigenvalue weighted by Crippen LogP contribution is 2.24. The lowest BCUT2D eigenvalue weighted by Gasteiger charge is -2.12. The van der Waals surface area contributed by atoms with Gasteiger partial charge >= 0.3 is 6.36 Å². The van der Waals surface area contributed by atoms with E-state index < -0.39 is 12.4 Å². The third kappa shape index (κ3) is 4.61. The van der Waals surface area contributed by atoms with E-state index in [2.05, 4.69) is 10.1 Å². The lowest BCUT2D eigenvalue weighted by atomic mass is 10.1. The summed E-state index contributed by atoms with van der Waals surface area (Å²) in [4.78, 5) is 0. The molecule has 0 aliphatic heterocycles. The molecule has 0 aliphatic carbocycles. The predicted molar refractivity (Wildman–Crippen MR) is 56.6 cm³/mol. The Bertz CT molecular complexity index is 412. The van der Waals surface area contributed by atoms with Crippen LogP contribution in [-0.4, -0.2) is 24.6 Å². The maximum atomic E-state index is 11.9. The average molecular weight is 260 g/mol. The van der Waals surface area contributed by atoms with E-state index in [0.29, 0.717) is 5.56 Å². The van der Waals surface area contributed by atoms with E-state index in [1.165, 1.54) is 12.1 Å². The Morgan fingerprint density at radius 2 is 1.94 bits per heavy atom. The first-order chi connectivity index (χ1) is 8.46. The van der Waals surface area contributed by atoms with Crippen LogP contribution in [-0.2, 0) is 0 Å². The van der Waals surface area contributed by atoms with E-state index in [9.17, 15) is 13.2 Å². The molecule has 0 bridgehead atoms. The van der Waals surface area contributed by atoms with Crippen molar-refractivity contribution < 1.29 is 23.0 Å². The van der Waals surface area contributed by atoms with Gasteiger partial charge in [0.25, 0.3) is 0 Å². The Labute approximate surface area is 102 Å². The van der Waals surface area contributed by atoms with Crippen LogP contribution in [0.5, 0.6) is 5.75 Å². The first kappa shape index (κ1) is 14.3. The summed E-state index contributed by atoms with van der Waals surface area (Å²) in [7, 11) is 0. The highest BCUT2D eigenvalue weighted by atomic mass is 19.4. The number of benzene rings is 1. The number of nitrogens with zero attached hydrogens (tertiary/aromatic N) is 1. The van der Waals surface area contributed by atoms with E-state index in [0.717, 1.165) is 12.1 Å². The normalized spacial score (nSPS) is 12.8. The Morgan fingerprint density at radius 1 is 1.33 bits per heavy atom. The van der Waals surface area contributed by atoms with Crippen molar-refractivity contribution in [2.24, 2.45) is 0 Å². The number of aliphatic hydroxyl groups excluding tert-OH is 1. The maximum absolute atomic E-state index is 11.9. The zero-order valence-electron chi connectivity index (χ0n) is 9.24. The molecular weight excluding hydrogens is 249 g/mol. The molecule has 1 rings (SSSR count). The molecule has 1 aromatic rings. The number of hydrogen-bond donors (Lipinski definition) is 2. The van der Waals surface area contributed by atoms with Crippen LogP contribution in [0.2, 0.25) is 0 Å². The molecule has 2 N–H and O–H groups in total. The summed E-state index contributed by atoms with van der Waals surface area (Å²) in [6, 6.07) is 6.24. The molecule has 0 heterocycles. The van der Waals surface area contributed by atoms with Crippen LogP contribution < -0.4 is 10.1 Å². The van der Waals surface area contributed by atoms with Crippen LogP contribution in [0.3, 0.4) is 0 Å². The summed E-state index contributed by atoms with van der Waals surface area (Å²) < 4.78 is 39.5. The van der Waals surface area contributed by atoms with Gasteiger partial charge in [0.05, 0.1) is 12.7 Å². The fraction of sp³-hybridized carbons (Fsp3) is 0.364. The monoisotopic (exact) mass is 260 g/mol. The van der Waals surface area contributed by atoms with E-state index in [1.807, 2.05) is 6.07 Å². The number of aliphatic hydroxyl groups is 1. The van der Waals surface area contributed by atoms with Crippen LogP contribution in [0, 0.1) is 11.3 Å². The van der Waals surface area contributed by atoms with Gasteiger partial charge in [0.1, 0.15) is 11.8 Å². The molecule has 0 spiro atoms. The minimum Gasteiger partial charge on any atom is -0.406 e. The summed E-state index contributed by atoms with van der Waals surface area (Å²) in [5.74, 6) is -0.343. The van der Waals surface area contributed by atoms with Gasteiger partial charge in [-0.05, 0) is 17.7 Å². The summed E-state index contributed by atoms with van der Waals surface area (Å²) in [6.45, 7) is 0.0898. The Morgan fingerprint density at radius 3 is 2.39 bits per heavy atom. The van der Waals surface area contributed by atoms with Crippen molar-refractivity contribution in [2.45, 2.75) is 12.4 Å². The summed E-state index contributed by atoms with van der Waals surface area (Å²) >= 11 is 0. The lowest BCUT2D eigenvalue weighted by molar-refractivity contribution is -0.274. The van der Waals surface area contributed by atoms with Crippen molar-refractivity contribution in [2.75, 3.05) is 13.2 Å². The van der Waals surface area contributed by atoms with Crippen LogP contribution in [0.25, 0.3) is 0 Å². The van der Waals surface area contributed by atoms with Crippen molar-refractivity contribution >= 4 is 0 Å². The summed E-state index contributed by atoms with van der Waals surface area (Å²) in [5.41, 5.74) is 0.500. The van der Waals surface area contributed by atoms with Gasteiger partial charge in [-0.25, -0.2) is 0 Å². The van der Waals surface area contributed by atoms with Crippen molar-refractivity contribution in [3.05, 3.63) is 29.8 Å². The summed E-state index contributed by atoms with van der Waals surface area (Å²) in [6.07, 6.45) is -4.73. The van der Waals surface area contributed by atoms with Crippen LogP contribution >= 0.6 is 0 Å². The number of halogens is 3. The molecule has 7 heteroatoms. The number of rotatable bonds is 5. The number of alkyl halides is 3. The number of hydrogen-bond acceptors (Lipinski definition) is 4. The van der Waals surface area contributed by atoms with Gasteiger partial charge in [-0.1, -0.05) is 12.1 Å². The number of ether oxygens (including phenoxy) is 1. The second-order valence-corrected chi connectivity index (χ2v) is 3.36. The highest BCUT2D eigenvalue weighted by molar-refractivity contribution is 5.31. The predicted octanol–water partition coefficient (Wildman–Crippen LogP) is 1.73. The topological polar surface area (TPSA) is 65.3 Å². The molecule has 0 fully saturated rings. The zero-order valence-corrected chi connectivity index (χ0v) is 9.24. The van der Waals surface area contributed by atoms with Crippen molar-refractivity contribution in [3.8, 4) is 11.8 Å². The van der Waals surface area contributed by atoms with Crippen molar-refractivity contribution in [3.63, 3.8) is 0 Å². The fourth-order valence-corrected chi connectivity index (χ4v) is 1.31. The second kappa shape index (κ2) is 6.23. The zero-order chi connectivity index (χ0) is 13.6. The Hall–Kier alpha value is -1.78. The van der Waals surface area contributed by atoms with Gasteiger partial charge in [-0.2, -0.15) is 5.26 Å². The molecule has 98 valence electrons. The van der Waals surface area contributed by atoms with E-state index in [1.54, 1.807) is 0 Å². The van der Waals surface area contributed by atoms with Gasteiger partial charge in [-0.3, -0.25) is 5.32 Å². The minimum atomic E-state index is -4.73. The first-order valence-electron chi connectivity index (χ1n) is 5.06. The smallest absolute Gasteiger partial charge is 0.406 e. The quantitative estimate of drug-likeness (QED) is 0.846. The van der Waals surface area contributed by atoms with E-state index >= 15 is 0 Å². The average Bonchev–Trinajstić information content (AvgIpc) is 2.30. The third-order valence-corrected chi connectivity index (χ3v) is 2.04. The van der Waals surface area contributed by atoms with Crippen LogP contribution in [0.1, 0.15) is 11.6 Å². The SMILES string of the molecule is N#CC(NCCO)c1ccc(OC(F)(F)F)cc1. The number of nitriles is 1. The molecular formula is C11H11F3N2O2. The Balaban J connectivity index is 2.72. The molecule has 1 aromatic carbocycles. The van der Waals surface area contributed by atoms with Gasteiger partial charge in [-0.15, -0.1) is 13.2 Å². The molecule has 4 nitrogen and oxygen atoms in total. The van der Waals surface area contributed by atoms with Gasteiger partial charge in [0.15, 0.2) is 0 Å². The van der Waals surface area contributed by atoms with Crippen LogP contribution in [0.4, 0.5) is 13.2 Å². The maximum Gasteiger partial charge on any atom is 0.573 e. The first-order valence-corrected chi connectivity index (χ1v) is 5.06. The molecule has 0 radical (unpaired) electrons. The fourth-order valence-electron chi connectivity index (χ4n) is 1.31. The molecule has 0 saturated heterocycles. The lowest BCUT2D eigenvalue weighted by Crippen LogP contribution is -2.23. The second-order valence-electron chi connectivity index (χ2n) is 3.36. The van der Waals surface area contributed by atoms with Gasteiger partial charge in [0, 0.05) is 6.54 Å². The molecule has 0 aliphatic rings. The van der Waals surface area contributed by atoms with E-state index in [4.69, 9.17) is 10.4 Å². The molecule has 0 aromatic heterocycles. The largest absolute Gasteiger partial charge is 0.573 e. The summed E-state index contributed by atoms with van der Waals surface area (Å²) in [5, 5.41) is 20.2. The third-order valence-electron chi connectivity index (χ3n) is 2.04. The Kier molecular flexibility index (Phi) is 4.95. The molecule has 1 atom stereocenters. The van der Waals surface area contributed by atoms with Crippen molar-refractivity contribution in [1.29, 1.82) is 5.26 Å². The molecule has 0 amide bonds. The van der Waals surface area contributed by atoms with Gasteiger partial charge < -0.3 is 9.84 Å². The van der Waals surface area contributed by atoms with E-state index in [-0.39, 0.29) is 18.9 Å². The minimum absolute atomic E-state index is 0.131. The molecule has 1 unspecified atom stereocenters. The molecule has 0 saturated carbocycles. The van der Waals surface area contributed by atoms with Gasteiger partial charge in [0.2, 0.25) is 0 Å². The van der Waals surface area contributed by atoms with Crippen molar-refractivity contribution in [1.82, 2.24) is 5.32 Å². The molecule has 18 heavy (non-hydrogen) atoms. The highest BCUT2D eigenvalue weighted by Gasteiger charge is 2.31.